The number of halogens is 3. The van der Waals surface area contributed by atoms with Crippen LogP contribution in [0.25, 0.3) is 0 Å². The van der Waals surface area contributed by atoms with Gasteiger partial charge in [0, 0.05) is 30.2 Å². The van der Waals surface area contributed by atoms with Crippen molar-refractivity contribution in [1.82, 2.24) is 4.98 Å². The van der Waals surface area contributed by atoms with Crippen molar-refractivity contribution in [2.75, 3.05) is 18.5 Å². The standard InChI is InChI=1S/C27H28BrCl2N3O6/c28-22-23(27(24(22)36)8-2-1-3-9-27)33-20(26(38)39-14-17(35)13-34)10-15-4-6-16(7-5-15)32-25(37)21-18(29)11-31-12-19(21)30/h4-7,11-12,17,20,22,34-35H,1-3,8-10,13-14H2,(H,32,37)/t17?,20-,22?/m0/s1. The fourth-order valence-corrected chi connectivity index (χ4v) is 6.48. The number of aliphatic imine (C=N–C) groups is 1. The summed E-state index contributed by atoms with van der Waals surface area (Å²) in [6.45, 7) is -0.916. The van der Waals surface area contributed by atoms with E-state index >= 15 is 0 Å². The first-order chi connectivity index (χ1) is 18.7. The Labute approximate surface area is 244 Å². The maximum absolute atomic E-state index is 13.0. The molecule has 1 aromatic heterocycles. The first-order valence-corrected chi connectivity index (χ1v) is 14.2. The number of ketones is 1. The SMILES string of the molecule is O=C(Nc1ccc(C[C@H](N=C2C(Br)C(=O)C23CCCCC3)C(=O)OCC(O)CO)cc1)c1c(Cl)cncc1Cl. The molecule has 3 atom stereocenters. The normalized spacial score (nSPS) is 20.8. The second-order valence-corrected chi connectivity index (χ2v) is 11.4. The fourth-order valence-electron chi connectivity index (χ4n) is 4.95. The number of aliphatic hydroxyl groups excluding tert-OH is 2. The molecule has 1 aromatic carbocycles. The molecule has 4 rings (SSSR count). The summed E-state index contributed by atoms with van der Waals surface area (Å²) in [6.07, 6.45) is 5.94. The summed E-state index contributed by atoms with van der Waals surface area (Å²) in [7, 11) is 0. The first-order valence-electron chi connectivity index (χ1n) is 12.6. The summed E-state index contributed by atoms with van der Waals surface area (Å²) in [5.74, 6) is -1.07. The van der Waals surface area contributed by atoms with Crippen molar-refractivity contribution < 1.29 is 29.3 Å². The quantitative estimate of drug-likeness (QED) is 0.276. The number of carbonyl (C=O) groups is 3. The number of rotatable bonds is 9. The molecule has 0 aliphatic heterocycles. The van der Waals surface area contributed by atoms with Gasteiger partial charge in [-0.3, -0.25) is 19.6 Å². The van der Waals surface area contributed by atoms with E-state index in [-0.39, 0.29) is 34.4 Å². The number of aromatic nitrogens is 1. The van der Waals surface area contributed by atoms with Gasteiger partial charge in [-0.2, -0.15) is 0 Å². The Kier molecular flexibility index (Phi) is 9.77. The summed E-state index contributed by atoms with van der Waals surface area (Å²) < 4.78 is 5.24. The van der Waals surface area contributed by atoms with E-state index in [2.05, 4.69) is 26.2 Å². The van der Waals surface area contributed by atoms with Crippen molar-refractivity contribution in [2.24, 2.45) is 10.4 Å². The lowest BCUT2D eigenvalue weighted by molar-refractivity contribution is -0.148. The van der Waals surface area contributed by atoms with Gasteiger partial charge in [-0.05, 0) is 30.5 Å². The Morgan fingerprint density at radius 2 is 1.79 bits per heavy atom. The van der Waals surface area contributed by atoms with Crippen molar-refractivity contribution in [1.29, 1.82) is 0 Å². The third-order valence-electron chi connectivity index (χ3n) is 7.06. The summed E-state index contributed by atoms with van der Waals surface area (Å²) in [5, 5.41) is 21.7. The van der Waals surface area contributed by atoms with Gasteiger partial charge in [0.15, 0.2) is 11.8 Å². The highest BCUT2D eigenvalue weighted by molar-refractivity contribution is 9.10. The van der Waals surface area contributed by atoms with Crippen molar-refractivity contribution in [3.05, 3.63) is 57.8 Å². The molecule has 2 aliphatic rings. The highest BCUT2D eigenvalue weighted by atomic mass is 79.9. The summed E-state index contributed by atoms with van der Waals surface area (Å²) in [6, 6.07) is 5.85. The van der Waals surface area contributed by atoms with Crippen LogP contribution in [-0.4, -0.2) is 68.8 Å². The molecule has 12 heteroatoms. The molecule has 2 unspecified atom stereocenters. The Hall–Kier alpha value is -2.37. The fraction of sp³-hybridized carbons (Fsp3) is 0.444. The molecular formula is C27H28BrCl2N3O6. The highest BCUT2D eigenvalue weighted by Gasteiger charge is 2.58. The predicted molar refractivity (Wildman–Crippen MR) is 151 cm³/mol. The summed E-state index contributed by atoms with van der Waals surface area (Å²) in [5.41, 5.74) is 1.34. The number of ether oxygens (including phenoxy) is 1. The lowest BCUT2D eigenvalue weighted by Crippen LogP contribution is -2.61. The maximum atomic E-state index is 13.0. The predicted octanol–water partition coefficient (Wildman–Crippen LogP) is 4.19. The molecule has 39 heavy (non-hydrogen) atoms. The van der Waals surface area contributed by atoms with E-state index in [1.165, 1.54) is 12.4 Å². The second-order valence-electron chi connectivity index (χ2n) is 9.70. The molecule has 0 radical (unpaired) electrons. The average molecular weight is 641 g/mol. The Bertz CT molecular complexity index is 1250. The van der Waals surface area contributed by atoms with Gasteiger partial charge >= 0.3 is 5.97 Å². The number of aliphatic hydroxyl groups is 2. The van der Waals surface area contributed by atoms with Gasteiger partial charge in [0.1, 0.15) is 17.5 Å². The van der Waals surface area contributed by atoms with E-state index in [1.807, 2.05) is 0 Å². The molecular weight excluding hydrogens is 613 g/mol. The molecule has 1 heterocycles. The van der Waals surface area contributed by atoms with Gasteiger partial charge in [-0.25, -0.2) is 4.79 Å². The number of nitrogens with one attached hydrogen (secondary N) is 1. The van der Waals surface area contributed by atoms with Crippen molar-refractivity contribution in [3.63, 3.8) is 0 Å². The van der Waals surface area contributed by atoms with Crippen molar-refractivity contribution >= 4 is 68.2 Å². The summed E-state index contributed by atoms with van der Waals surface area (Å²) >= 11 is 15.6. The highest BCUT2D eigenvalue weighted by Crippen LogP contribution is 2.49. The topological polar surface area (TPSA) is 138 Å². The zero-order valence-electron chi connectivity index (χ0n) is 20.9. The molecule has 2 fully saturated rings. The van der Waals surface area contributed by atoms with E-state index < -0.39 is 40.9 Å². The van der Waals surface area contributed by atoms with E-state index in [0.29, 0.717) is 24.2 Å². The molecule has 208 valence electrons. The van der Waals surface area contributed by atoms with Crippen LogP contribution in [0, 0.1) is 5.41 Å². The monoisotopic (exact) mass is 639 g/mol. The number of amides is 1. The van der Waals surface area contributed by atoms with Crippen LogP contribution in [-0.2, 0) is 20.7 Å². The van der Waals surface area contributed by atoms with Gasteiger partial charge < -0.3 is 20.3 Å². The molecule has 2 aromatic rings. The molecule has 2 aliphatic carbocycles. The van der Waals surface area contributed by atoms with E-state index in [9.17, 15) is 19.5 Å². The third kappa shape index (κ3) is 6.52. The molecule has 1 spiro atoms. The smallest absolute Gasteiger partial charge is 0.331 e. The molecule has 0 saturated heterocycles. The lowest BCUT2D eigenvalue weighted by atomic mass is 9.58. The van der Waals surface area contributed by atoms with Gasteiger partial charge in [0.05, 0.1) is 27.6 Å². The number of carbonyl (C=O) groups excluding carboxylic acids is 3. The van der Waals surface area contributed by atoms with Gasteiger partial charge in [0.25, 0.3) is 5.91 Å². The molecule has 3 N–H and O–H groups in total. The Morgan fingerprint density at radius 3 is 2.41 bits per heavy atom. The Balaban J connectivity index is 1.53. The van der Waals surface area contributed by atoms with Crippen LogP contribution in [0.5, 0.6) is 0 Å². The number of alkyl halides is 1. The minimum absolute atomic E-state index is 0.0956. The van der Waals surface area contributed by atoms with Crippen LogP contribution < -0.4 is 5.32 Å². The molecule has 1 amide bonds. The number of Topliss-reactive ketones (excluding diaryl/α,β-unsaturated/α-hetero) is 1. The minimum Gasteiger partial charge on any atom is -0.461 e. The van der Waals surface area contributed by atoms with E-state index in [4.69, 9.17) is 38.0 Å². The maximum Gasteiger partial charge on any atom is 0.331 e. The zero-order chi connectivity index (χ0) is 28.2. The van der Waals surface area contributed by atoms with Gasteiger partial charge in [-0.1, -0.05) is 70.5 Å². The van der Waals surface area contributed by atoms with Crippen molar-refractivity contribution in [3.8, 4) is 0 Å². The minimum atomic E-state index is -1.20. The number of hydrogen-bond acceptors (Lipinski definition) is 8. The van der Waals surface area contributed by atoms with Crippen LogP contribution >= 0.6 is 39.1 Å². The van der Waals surface area contributed by atoms with Crippen LogP contribution in [0.2, 0.25) is 10.0 Å². The number of hydrogen-bond donors (Lipinski definition) is 3. The second kappa shape index (κ2) is 12.9. The average Bonchev–Trinajstić information content (AvgIpc) is 2.94. The molecule has 2 saturated carbocycles. The molecule has 0 bridgehead atoms. The van der Waals surface area contributed by atoms with Crippen LogP contribution in [0.3, 0.4) is 0 Å². The number of anilines is 1. The largest absolute Gasteiger partial charge is 0.461 e. The van der Waals surface area contributed by atoms with Crippen LogP contribution in [0.15, 0.2) is 41.7 Å². The molecule has 9 nitrogen and oxygen atoms in total. The van der Waals surface area contributed by atoms with Crippen LogP contribution in [0.1, 0.15) is 48.0 Å². The van der Waals surface area contributed by atoms with Crippen molar-refractivity contribution in [2.45, 2.75) is 55.5 Å². The first kappa shape index (κ1) is 29.6. The lowest BCUT2D eigenvalue weighted by Gasteiger charge is -2.48. The number of esters is 1. The van der Waals surface area contributed by atoms with Gasteiger partial charge in [-0.15, -0.1) is 0 Å². The van der Waals surface area contributed by atoms with E-state index in [1.54, 1.807) is 24.3 Å². The number of nitrogens with zero attached hydrogens (tertiary/aromatic N) is 2. The zero-order valence-corrected chi connectivity index (χ0v) is 24.0. The van der Waals surface area contributed by atoms with Crippen LogP contribution in [0.4, 0.5) is 5.69 Å². The number of benzene rings is 1. The Morgan fingerprint density at radius 1 is 1.15 bits per heavy atom. The van der Waals surface area contributed by atoms with Gasteiger partial charge in [0.2, 0.25) is 0 Å². The third-order valence-corrected chi connectivity index (χ3v) is 8.48. The van der Waals surface area contributed by atoms with E-state index in [0.717, 1.165) is 24.8 Å². The summed E-state index contributed by atoms with van der Waals surface area (Å²) in [4.78, 5) is 46.6. The number of pyridine rings is 1.